The maximum Gasteiger partial charge on any atom is 0.361 e. The van der Waals surface area contributed by atoms with Crippen molar-refractivity contribution in [1.29, 1.82) is 0 Å². The van der Waals surface area contributed by atoms with Crippen LogP contribution >= 0.6 is 15.9 Å². The Bertz CT molecular complexity index is 578. The van der Waals surface area contributed by atoms with Crippen LogP contribution in [0.15, 0.2) is 34.9 Å². The molecule has 1 aromatic carbocycles. The Morgan fingerprint density at radius 3 is 2.74 bits per heavy atom. The quantitative estimate of drug-likeness (QED) is 0.877. The van der Waals surface area contributed by atoms with Crippen LogP contribution in [0.1, 0.15) is 23.0 Å². The summed E-state index contributed by atoms with van der Waals surface area (Å²) in [4.78, 5) is 11.6. The predicted octanol–water partition coefficient (Wildman–Crippen LogP) is 2.45. The molecule has 2 aromatic rings. The molecule has 2 rings (SSSR count). The first-order valence-electron chi connectivity index (χ1n) is 5.84. The Hall–Kier alpha value is -1.82. The topological polar surface area (TPSA) is 70.1 Å². The molecule has 6 heteroatoms. The number of rotatable bonds is 4. The third-order valence-corrected chi connectivity index (χ3v) is 3.05. The number of hydrogen-bond donors (Lipinski definition) is 1. The van der Waals surface area contributed by atoms with Gasteiger partial charge in [0, 0.05) is 10.7 Å². The second kappa shape index (κ2) is 5.88. The zero-order valence-electron chi connectivity index (χ0n) is 10.5. The number of nitrogens with zero attached hydrogens (tertiary/aromatic N) is 2. The van der Waals surface area contributed by atoms with Crippen molar-refractivity contribution < 1.29 is 9.53 Å². The molecule has 1 aromatic heterocycles. The molecule has 5 nitrogen and oxygen atoms in total. The Labute approximate surface area is 119 Å². The maximum absolute atomic E-state index is 11.6. The molecular weight excluding hydrogens is 310 g/mol. The molecule has 0 bridgehead atoms. The van der Waals surface area contributed by atoms with E-state index < -0.39 is 5.97 Å². The van der Waals surface area contributed by atoms with Gasteiger partial charge >= 0.3 is 5.97 Å². The van der Waals surface area contributed by atoms with Gasteiger partial charge in [0.25, 0.3) is 0 Å². The van der Waals surface area contributed by atoms with Crippen LogP contribution in [0.2, 0.25) is 0 Å². The number of hydrogen-bond acceptors (Lipinski definition) is 4. The SMILES string of the molecule is CCOC(=O)c1nn(Cc2ccc(Br)cc2)cc1N. The first-order valence-corrected chi connectivity index (χ1v) is 6.64. The van der Waals surface area contributed by atoms with Crippen LogP contribution in [0.5, 0.6) is 0 Å². The zero-order chi connectivity index (χ0) is 13.8. The van der Waals surface area contributed by atoms with Gasteiger partial charge in [-0.3, -0.25) is 4.68 Å². The highest BCUT2D eigenvalue weighted by molar-refractivity contribution is 9.10. The summed E-state index contributed by atoms with van der Waals surface area (Å²) in [5.74, 6) is -0.491. The maximum atomic E-state index is 11.6. The average Bonchev–Trinajstić information content (AvgIpc) is 2.74. The smallest absolute Gasteiger partial charge is 0.361 e. The van der Waals surface area contributed by atoms with Crippen molar-refractivity contribution >= 4 is 27.6 Å². The summed E-state index contributed by atoms with van der Waals surface area (Å²) in [6, 6.07) is 7.86. The standard InChI is InChI=1S/C13H14BrN3O2/c1-2-19-13(18)12-11(15)8-17(16-12)7-9-3-5-10(14)6-4-9/h3-6,8H,2,7,15H2,1H3. The number of benzene rings is 1. The molecule has 0 fully saturated rings. The Morgan fingerprint density at radius 1 is 1.42 bits per heavy atom. The van der Waals surface area contributed by atoms with Gasteiger partial charge in [0.15, 0.2) is 5.69 Å². The average molecular weight is 324 g/mol. The van der Waals surface area contributed by atoms with Crippen molar-refractivity contribution in [3.63, 3.8) is 0 Å². The lowest BCUT2D eigenvalue weighted by Gasteiger charge is -2.02. The van der Waals surface area contributed by atoms with E-state index in [0.717, 1.165) is 10.0 Å². The van der Waals surface area contributed by atoms with Crippen LogP contribution in [0.3, 0.4) is 0 Å². The number of esters is 1. The van der Waals surface area contributed by atoms with E-state index in [4.69, 9.17) is 10.5 Å². The van der Waals surface area contributed by atoms with Crippen molar-refractivity contribution in [2.24, 2.45) is 0 Å². The highest BCUT2D eigenvalue weighted by Gasteiger charge is 2.15. The van der Waals surface area contributed by atoms with Crippen LogP contribution < -0.4 is 5.73 Å². The van der Waals surface area contributed by atoms with E-state index in [1.54, 1.807) is 17.8 Å². The molecule has 0 saturated carbocycles. The largest absolute Gasteiger partial charge is 0.461 e. The number of halogens is 1. The minimum atomic E-state index is -0.491. The fourth-order valence-corrected chi connectivity index (χ4v) is 1.92. The van der Waals surface area contributed by atoms with E-state index in [2.05, 4.69) is 21.0 Å². The zero-order valence-corrected chi connectivity index (χ0v) is 12.1. The van der Waals surface area contributed by atoms with Crippen LogP contribution in [-0.4, -0.2) is 22.4 Å². The monoisotopic (exact) mass is 323 g/mol. The molecule has 100 valence electrons. The third kappa shape index (κ3) is 3.35. The molecule has 0 aliphatic heterocycles. The predicted molar refractivity (Wildman–Crippen MR) is 75.8 cm³/mol. The number of aromatic nitrogens is 2. The summed E-state index contributed by atoms with van der Waals surface area (Å²) in [7, 11) is 0. The van der Waals surface area contributed by atoms with Gasteiger partial charge in [-0.05, 0) is 24.6 Å². The third-order valence-electron chi connectivity index (χ3n) is 2.52. The van der Waals surface area contributed by atoms with Gasteiger partial charge in [-0.1, -0.05) is 28.1 Å². The van der Waals surface area contributed by atoms with Crippen LogP contribution in [0.4, 0.5) is 5.69 Å². The summed E-state index contributed by atoms with van der Waals surface area (Å²) in [6.45, 7) is 2.60. The fraction of sp³-hybridized carbons (Fsp3) is 0.231. The molecular formula is C13H14BrN3O2. The van der Waals surface area contributed by atoms with Crippen molar-refractivity contribution in [2.75, 3.05) is 12.3 Å². The van der Waals surface area contributed by atoms with Gasteiger partial charge in [0.1, 0.15) is 0 Å². The Morgan fingerprint density at radius 2 is 2.11 bits per heavy atom. The molecule has 0 aliphatic rings. The Kier molecular flexibility index (Phi) is 4.21. The second-order valence-electron chi connectivity index (χ2n) is 3.98. The van der Waals surface area contributed by atoms with Gasteiger partial charge in [-0.25, -0.2) is 4.79 Å². The number of nitrogens with two attached hydrogens (primary N) is 1. The van der Waals surface area contributed by atoms with Crippen LogP contribution in [-0.2, 0) is 11.3 Å². The minimum absolute atomic E-state index is 0.166. The van der Waals surface area contributed by atoms with Crippen molar-refractivity contribution in [2.45, 2.75) is 13.5 Å². The van der Waals surface area contributed by atoms with Gasteiger partial charge in [-0.15, -0.1) is 0 Å². The van der Waals surface area contributed by atoms with Gasteiger partial charge < -0.3 is 10.5 Å². The number of ether oxygens (including phenoxy) is 1. The molecule has 0 amide bonds. The van der Waals surface area contributed by atoms with E-state index in [1.807, 2.05) is 24.3 Å². The summed E-state index contributed by atoms with van der Waals surface area (Å²) in [6.07, 6.45) is 1.63. The second-order valence-corrected chi connectivity index (χ2v) is 4.89. The summed E-state index contributed by atoms with van der Waals surface area (Å²) in [5.41, 5.74) is 7.32. The number of anilines is 1. The molecule has 0 saturated heterocycles. The van der Waals surface area contributed by atoms with Gasteiger partial charge in [-0.2, -0.15) is 5.10 Å². The lowest BCUT2D eigenvalue weighted by Crippen LogP contribution is -2.09. The summed E-state index contributed by atoms with van der Waals surface area (Å²) in [5, 5.41) is 4.15. The first kappa shape index (κ1) is 13.6. The summed E-state index contributed by atoms with van der Waals surface area (Å²) >= 11 is 3.38. The first-order chi connectivity index (χ1) is 9.10. The summed E-state index contributed by atoms with van der Waals surface area (Å²) < 4.78 is 7.53. The van der Waals surface area contributed by atoms with Crippen molar-refractivity contribution in [1.82, 2.24) is 9.78 Å². The van der Waals surface area contributed by atoms with E-state index >= 15 is 0 Å². The molecule has 0 radical (unpaired) electrons. The van der Waals surface area contributed by atoms with Gasteiger partial charge in [0.2, 0.25) is 0 Å². The van der Waals surface area contributed by atoms with Crippen LogP contribution in [0.25, 0.3) is 0 Å². The molecule has 0 atom stereocenters. The van der Waals surface area contributed by atoms with E-state index in [9.17, 15) is 4.79 Å². The van der Waals surface area contributed by atoms with Crippen molar-refractivity contribution in [3.05, 3.63) is 46.2 Å². The Balaban J connectivity index is 2.16. The van der Waals surface area contributed by atoms with E-state index in [0.29, 0.717) is 18.8 Å². The minimum Gasteiger partial charge on any atom is -0.461 e. The fourth-order valence-electron chi connectivity index (χ4n) is 1.65. The number of nitrogen functional groups attached to an aromatic ring is 1. The van der Waals surface area contributed by atoms with E-state index in [-0.39, 0.29) is 5.69 Å². The normalized spacial score (nSPS) is 10.4. The molecule has 0 spiro atoms. The molecule has 1 heterocycles. The molecule has 0 unspecified atom stereocenters. The molecule has 19 heavy (non-hydrogen) atoms. The van der Waals surface area contributed by atoms with Crippen LogP contribution in [0, 0.1) is 0 Å². The molecule has 0 aliphatic carbocycles. The van der Waals surface area contributed by atoms with Gasteiger partial charge in [0.05, 0.1) is 18.8 Å². The number of carbonyl (C=O) groups is 1. The highest BCUT2D eigenvalue weighted by atomic mass is 79.9. The van der Waals surface area contributed by atoms with Crippen molar-refractivity contribution in [3.8, 4) is 0 Å². The lowest BCUT2D eigenvalue weighted by molar-refractivity contribution is 0.0519. The lowest BCUT2D eigenvalue weighted by atomic mass is 10.2. The van der Waals surface area contributed by atoms with E-state index in [1.165, 1.54) is 0 Å². The molecule has 2 N–H and O–H groups in total. The highest BCUT2D eigenvalue weighted by Crippen LogP contribution is 2.14. The number of carbonyl (C=O) groups excluding carboxylic acids is 1.